The molecular formula is C21H20F2N4O. The van der Waals surface area contributed by atoms with Crippen LogP contribution in [0.1, 0.15) is 41.4 Å². The highest BCUT2D eigenvalue weighted by Gasteiger charge is 2.14. The topological polar surface area (TPSA) is 66.9 Å². The minimum absolute atomic E-state index is 0.0564. The van der Waals surface area contributed by atoms with E-state index >= 15 is 0 Å². The molecule has 0 saturated heterocycles. The van der Waals surface area contributed by atoms with Crippen molar-refractivity contribution in [2.75, 3.05) is 10.6 Å². The van der Waals surface area contributed by atoms with E-state index in [-0.39, 0.29) is 23.2 Å². The van der Waals surface area contributed by atoms with Crippen LogP contribution < -0.4 is 10.6 Å². The first-order chi connectivity index (χ1) is 13.3. The summed E-state index contributed by atoms with van der Waals surface area (Å²) in [7, 11) is 0. The second-order valence-corrected chi connectivity index (χ2v) is 6.66. The molecule has 0 aliphatic carbocycles. The Balaban J connectivity index is 1.84. The van der Waals surface area contributed by atoms with E-state index in [1.165, 1.54) is 12.3 Å². The molecule has 0 spiro atoms. The van der Waals surface area contributed by atoms with Gasteiger partial charge in [0.1, 0.15) is 17.3 Å². The molecular weight excluding hydrogens is 362 g/mol. The number of amides is 1. The molecule has 2 N–H and O–H groups in total. The van der Waals surface area contributed by atoms with E-state index in [0.29, 0.717) is 6.07 Å². The van der Waals surface area contributed by atoms with E-state index in [1.807, 2.05) is 25.1 Å². The molecule has 7 heteroatoms. The average Bonchev–Trinajstić information content (AvgIpc) is 2.65. The zero-order valence-corrected chi connectivity index (χ0v) is 15.8. The van der Waals surface area contributed by atoms with Crippen LogP contribution in [0.15, 0.2) is 48.7 Å². The number of carbonyl (C=O) groups excluding carboxylic acids is 1. The van der Waals surface area contributed by atoms with Gasteiger partial charge in [-0.05, 0) is 42.2 Å². The predicted octanol–water partition coefficient (Wildman–Crippen LogP) is 5.18. The summed E-state index contributed by atoms with van der Waals surface area (Å²) >= 11 is 0. The lowest BCUT2D eigenvalue weighted by Crippen LogP contribution is -2.16. The number of hydrogen-bond donors (Lipinski definition) is 2. The van der Waals surface area contributed by atoms with E-state index < -0.39 is 17.5 Å². The van der Waals surface area contributed by atoms with Crippen molar-refractivity contribution in [3.8, 4) is 0 Å². The summed E-state index contributed by atoms with van der Waals surface area (Å²) in [5.41, 5.74) is 2.95. The maximum absolute atomic E-state index is 13.8. The molecule has 1 aromatic heterocycles. The number of nitrogens with zero attached hydrogens (tertiary/aromatic N) is 2. The molecule has 3 rings (SSSR count). The molecule has 144 valence electrons. The molecule has 0 aliphatic rings. The highest BCUT2D eigenvalue weighted by atomic mass is 19.1. The first-order valence-corrected chi connectivity index (χ1v) is 8.81. The zero-order chi connectivity index (χ0) is 20.3. The minimum atomic E-state index is -0.859. The normalized spacial score (nSPS) is 10.8. The van der Waals surface area contributed by atoms with Gasteiger partial charge in [0.15, 0.2) is 0 Å². The lowest BCUT2D eigenvalue weighted by Gasteiger charge is -2.16. The SMILES string of the molecule is Cc1cccc(C(C)C)c1Nc1nccc(C(=O)Nc2ccc(F)cc2F)n1. The second-order valence-electron chi connectivity index (χ2n) is 6.66. The fraction of sp³-hybridized carbons (Fsp3) is 0.190. The fourth-order valence-corrected chi connectivity index (χ4v) is 2.78. The second kappa shape index (κ2) is 8.12. The maximum Gasteiger partial charge on any atom is 0.274 e. The van der Waals surface area contributed by atoms with Crippen molar-refractivity contribution in [3.63, 3.8) is 0 Å². The van der Waals surface area contributed by atoms with Crippen LogP contribution in [0.3, 0.4) is 0 Å². The van der Waals surface area contributed by atoms with Crippen LogP contribution in [-0.2, 0) is 0 Å². The molecule has 1 heterocycles. The molecule has 0 fully saturated rings. The molecule has 28 heavy (non-hydrogen) atoms. The Kier molecular flexibility index (Phi) is 5.63. The molecule has 0 radical (unpaired) electrons. The van der Waals surface area contributed by atoms with E-state index in [9.17, 15) is 13.6 Å². The third-order valence-corrected chi connectivity index (χ3v) is 4.23. The highest BCUT2D eigenvalue weighted by Crippen LogP contribution is 2.29. The minimum Gasteiger partial charge on any atom is -0.324 e. The van der Waals surface area contributed by atoms with Gasteiger partial charge in [-0.25, -0.2) is 18.7 Å². The fourth-order valence-electron chi connectivity index (χ4n) is 2.78. The van der Waals surface area contributed by atoms with Gasteiger partial charge in [-0.2, -0.15) is 0 Å². The lowest BCUT2D eigenvalue weighted by atomic mass is 9.98. The van der Waals surface area contributed by atoms with Crippen LogP contribution in [-0.4, -0.2) is 15.9 Å². The highest BCUT2D eigenvalue weighted by molar-refractivity contribution is 6.03. The number of aromatic nitrogens is 2. The summed E-state index contributed by atoms with van der Waals surface area (Å²) in [6.07, 6.45) is 1.44. The summed E-state index contributed by atoms with van der Waals surface area (Å²) in [6.45, 7) is 6.14. The largest absolute Gasteiger partial charge is 0.324 e. The first kappa shape index (κ1) is 19.4. The van der Waals surface area contributed by atoms with Crippen LogP contribution >= 0.6 is 0 Å². The maximum atomic E-state index is 13.8. The molecule has 0 bridgehead atoms. The van der Waals surface area contributed by atoms with Crippen LogP contribution in [0.2, 0.25) is 0 Å². The third kappa shape index (κ3) is 4.31. The molecule has 0 atom stereocenters. The van der Waals surface area contributed by atoms with Crippen molar-refractivity contribution >= 4 is 23.2 Å². The Labute approximate surface area is 161 Å². The monoisotopic (exact) mass is 382 g/mol. The van der Waals surface area contributed by atoms with Gasteiger partial charge in [0.2, 0.25) is 5.95 Å². The number of para-hydroxylation sites is 1. The molecule has 2 aromatic carbocycles. The first-order valence-electron chi connectivity index (χ1n) is 8.81. The van der Waals surface area contributed by atoms with Gasteiger partial charge in [-0.15, -0.1) is 0 Å². The Morgan fingerprint density at radius 2 is 1.89 bits per heavy atom. The van der Waals surface area contributed by atoms with Crippen LogP contribution in [0.5, 0.6) is 0 Å². The van der Waals surface area contributed by atoms with Gasteiger partial charge in [0.25, 0.3) is 5.91 Å². The molecule has 3 aromatic rings. The van der Waals surface area contributed by atoms with E-state index in [0.717, 1.165) is 28.9 Å². The average molecular weight is 382 g/mol. The smallest absolute Gasteiger partial charge is 0.274 e. The molecule has 0 saturated carbocycles. The Morgan fingerprint density at radius 3 is 2.61 bits per heavy atom. The third-order valence-electron chi connectivity index (χ3n) is 4.23. The van der Waals surface area contributed by atoms with Crippen molar-refractivity contribution < 1.29 is 13.6 Å². The number of benzene rings is 2. The number of aryl methyl sites for hydroxylation is 1. The number of halogens is 2. The van der Waals surface area contributed by atoms with Crippen molar-refractivity contribution in [2.45, 2.75) is 26.7 Å². The molecule has 5 nitrogen and oxygen atoms in total. The van der Waals surface area contributed by atoms with Crippen molar-refractivity contribution in [1.29, 1.82) is 0 Å². The van der Waals surface area contributed by atoms with Gasteiger partial charge in [0.05, 0.1) is 5.69 Å². The summed E-state index contributed by atoms with van der Waals surface area (Å²) in [4.78, 5) is 20.8. The van der Waals surface area contributed by atoms with Gasteiger partial charge in [0, 0.05) is 18.0 Å². The van der Waals surface area contributed by atoms with Crippen LogP contribution in [0.25, 0.3) is 0 Å². The number of anilines is 3. The van der Waals surface area contributed by atoms with Gasteiger partial charge >= 0.3 is 0 Å². The van der Waals surface area contributed by atoms with Crippen LogP contribution in [0, 0.1) is 18.6 Å². The standard InChI is InChI=1S/C21H20F2N4O/c1-12(2)15-6-4-5-13(3)19(15)27-21-24-10-9-18(26-21)20(28)25-17-8-7-14(22)11-16(17)23/h4-12H,1-3H3,(H,25,28)(H,24,26,27). The lowest BCUT2D eigenvalue weighted by molar-refractivity contribution is 0.102. The van der Waals surface area contributed by atoms with E-state index in [4.69, 9.17) is 0 Å². The quantitative estimate of drug-likeness (QED) is 0.638. The zero-order valence-electron chi connectivity index (χ0n) is 15.8. The van der Waals surface area contributed by atoms with Crippen molar-refractivity contribution in [2.24, 2.45) is 0 Å². The Morgan fingerprint density at radius 1 is 1.11 bits per heavy atom. The molecule has 0 aliphatic heterocycles. The Hall–Kier alpha value is -3.35. The molecule has 1 amide bonds. The number of rotatable bonds is 5. The Bertz CT molecular complexity index is 1020. The van der Waals surface area contributed by atoms with Crippen LogP contribution in [0.4, 0.5) is 26.1 Å². The van der Waals surface area contributed by atoms with Gasteiger partial charge in [-0.3, -0.25) is 4.79 Å². The van der Waals surface area contributed by atoms with Gasteiger partial charge in [-0.1, -0.05) is 32.0 Å². The summed E-state index contributed by atoms with van der Waals surface area (Å²) in [5.74, 6) is -1.66. The number of carbonyl (C=O) groups is 1. The van der Waals surface area contributed by atoms with E-state index in [2.05, 4.69) is 34.4 Å². The summed E-state index contributed by atoms with van der Waals surface area (Å²) in [6, 6.07) is 10.3. The van der Waals surface area contributed by atoms with Gasteiger partial charge < -0.3 is 10.6 Å². The number of hydrogen-bond acceptors (Lipinski definition) is 4. The predicted molar refractivity (Wildman–Crippen MR) is 105 cm³/mol. The summed E-state index contributed by atoms with van der Waals surface area (Å²) < 4.78 is 26.8. The van der Waals surface area contributed by atoms with Crippen molar-refractivity contribution in [3.05, 3.63) is 77.1 Å². The number of nitrogens with one attached hydrogen (secondary N) is 2. The van der Waals surface area contributed by atoms with Crippen molar-refractivity contribution in [1.82, 2.24) is 9.97 Å². The molecule has 0 unspecified atom stereocenters. The van der Waals surface area contributed by atoms with E-state index in [1.54, 1.807) is 0 Å². The summed E-state index contributed by atoms with van der Waals surface area (Å²) in [5, 5.41) is 5.56.